The van der Waals surface area contributed by atoms with E-state index in [1.165, 1.54) is 11.3 Å². The minimum absolute atomic E-state index is 0.0311. The van der Waals surface area contributed by atoms with Crippen LogP contribution in [0, 0.1) is 5.92 Å². The average molecular weight is 479 g/mol. The Morgan fingerprint density at radius 1 is 1.15 bits per heavy atom. The molecule has 1 saturated heterocycles. The normalized spacial score (nSPS) is 16.4. The first-order valence-corrected chi connectivity index (χ1v) is 12.0. The quantitative estimate of drug-likeness (QED) is 0.355. The van der Waals surface area contributed by atoms with Crippen molar-refractivity contribution in [3.63, 3.8) is 0 Å². The summed E-state index contributed by atoms with van der Waals surface area (Å²) in [5, 5.41) is 3.50. The molecule has 7 heteroatoms. The Morgan fingerprint density at radius 2 is 1.94 bits per heavy atom. The second-order valence-corrected chi connectivity index (χ2v) is 9.74. The van der Waals surface area contributed by atoms with E-state index in [0.717, 1.165) is 36.0 Å². The monoisotopic (exact) mass is 478 g/mol. The molecule has 0 amide bonds. The number of carbonyl (C=O) groups excluding carboxylic acids is 1. The van der Waals surface area contributed by atoms with Gasteiger partial charge < -0.3 is 9.64 Å². The van der Waals surface area contributed by atoms with Crippen molar-refractivity contribution in [2.24, 2.45) is 5.92 Å². The zero-order valence-electron chi connectivity index (χ0n) is 18.4. The number of carbonyl (C=O) groups is 1. The molecule has 4 aromatic rings. The first kappa shape index (κ1) is 21.9. The lowest BCUT2D eigenvalue weighted by atomic mass is 9.96. The molecule has 0 radical (unpaired) electrons. The lowest BCUT2D eigenvalue weighted by Gasteiger charge is -2.15. The summed E-state index contributed by atoms with van der Waals surface area (Å²) in [7, 11) is 3.58. The van der Waals surface area contributed by atoms with Gasteiger partial charge in [-0.05, 0) is 61.3 Å². The third-order valence-corrected chi connectivity index (χ3v) is 7.43. The van der Waals surface area contributed by atoms with Crippen LogP contribution in [-0.4, -0.2) is 42.5 Å². The maximum absolute atomic E-state index is 13.3. The maximum atomic E-state index is 13.3. The van der Waals surface area contributed by atoms with Crippen LogP contribution < -0.4 is 10.3 Å². The summed E-state index contributed by atoms with van der Waals surface area (Å²) < 4.78 is 7.90. The van der Waals surface area contributed by atoms with Crippen molar-refractivity contribution in [2.75, 3.05) is 27.2 Å². The molecule has 5 rings (SSSR count). The van der Waals surface area contributed by atoms with Crippen LogP contribution in [-0.2, 0) is 0 Å². The number of rotatable bonds is 5. The van der Waals surface area contributed by atoms with Gasteiger partial charge in [-0.3, -0.25) is 14.2 Å². The van der Waals surface area contributed by atoms with E-state index >= 15 is 0 Å². The number of hydrogen-bond donors (Lipinski definition) is 0. The topological polar surface area (TPSA) is 51.5 Å². The Hall–Kier alpha value is -2.93. The van der Waals surface area contributed by atoms with Crippen LogP contribution in [0.2, 0.25) is 5.02 Å². The number of aromatic nitrogens is 1. The summed E-state index contributed by atoms with van der Waals surface area (Å²) in [6.07, 6.45) is 2.70. The molecule has 0 saturated carbocycles. The molecule has 33 heavy (non-hydrogen) atoms. The first-order chi connectivity index (χ1) is 16.0. The first-order valence-electron chi connectivity index (χ1n) is 10.8. The fourth-order valence-corrected chi connectivity index (χ4v) is 5.48. The van der Waals surface area contributed by atoms with Gasteiger partial charge in [0, 0.05) is 40.7 Å². The molecule has 3 heterocycles. The molecule has 0 aliphatic carbocycles. The minimum Gasteiger partial charge on any atom is -0.496 e. The van der Waals surface area contributed by atoms with Gasteiger partial charge in [0.15, 0.2) is 5.78 Å². The summed E-state index contributed by atoms with van der Waals surface area (Å²) in [5.74, 6) is 0.542. The number of hydrogen-bond acceptors (Lipinski definition) is 5. The smallest absolute Gasteiger partial charge is 0.273 e. The summed E-state index contributed by atoms with van der Waals surface area (Å²) in [6, 6.07) is 14.9. The molecule has 1 unspecified atom stereocenters. The molecule has 0 bridgehead atoms. The number of halogens is 1. The number of thiophene rings is 1. The predicted molar refractivity (Wildman–Crippen MR) is 134 cm³/mol. The van der Waals surface area contributed by atoms with Crippen LogP contribution in [0.4, 0.5) is 0 Å². The summed E-state index contributed by atoms with van der Waals surface area (Å²) in [6.45, 7) is 1.67. The van der Waals surface area contributed by atoms with E-state index in [4.69, 9.17) is 16.3 Å². The van der Waals surface area contributed by atoms with Crippen molar-refractivity contribution in [3.8, 4) is 22.6 Å². The summed E-state index contributed by atoms with van der Waals surface area (Å²) in [4.78, 5) is 28.6. The molecule has 1 aliphatic rings. The number of ketones is 1. The number of likely N-dealkylation sites (tertiary alicyclic amines) is 1. The number of Topliss-reactive ketones (excluding diaryl/α,β-unsaturated/α-hetero) is 1. The second kappa shape index (κ2) is 8.78. The molecule has 2 aromatic heterocycles. The lowest BCUT2D eigenvalue weighted by Crippen LogP contribution is -2.21. The molecule has 2 aromatic carbocycles. The van der Waals surface area contributed by atoms with Crippen molar-refractivity contribution < 1.29 is 9.53 Å². The van der Waals surface area contributed by atoms with Gasteiger partial charge in [0.1, 0.15) is 10.4 Å². The SMILES string of the molecule is COc1cc(-n2cc(-c3ccc(Cl)cc3)c3ccsc3c2=O)ccc1C(=O)C1CCN(C)C1. The van der Waals surface area contributed by atoms with E-state index in [-0.39, 0.29) is 17.3 Å². The number of nitrogens with zero attached hydrogens (tertiary/aromatic N) is 2. The van der Waals surface area contributed by atoms with Crippen molar-refractivity contribution in [2.45, 2.75) is 6.42 Å². The van der Waals surface area contributed by atoms with E-state index in [1.807, 2.05) is 55.0 Å². The van der Waals surface area contributed by atoms with E-state index in [9.17, 15) is 9.59 Å². The van der Waals surface area contributed by atoms with Crippen molar-refractivity contribution in [3.05, 3.63) is 81.0 Å². The molecule has 1 fully saturated rings. The van der Waals surface area contributed by atoms with Gasteiger partial charge in [0.05, 0.1) is 18.4 Å². The van der Waals surface area contributed by atoms with Gasteiger partial charge in [0.2, 0.25) is 0 Å². The average Bonchev–Trinajstić information content (AvgIpc) is 3.49. The molecule has 168 valence electrons. The third-order valence-electron chi connectivity index (χ3n) is 6.27. The van der Waals surface area contributed by atoms with Crippen molar-refractivity contribution in [1.29, 1.82) is 0 Å². The van der Waals surface area contributed by atoms with Crippen LogP contribution in [0.15, 0.2) is 64.9 Å². The molecule has 5 nitrogen and oxygen atoms in total. The van der Waals surface area contributed by atoms with Crippen LogP contribution in [0.25, 0.3) is 26.9 Å². The molecule has 0 N–H and O–H groups in total. The van der Waals surface area contributed by atoms with Crippen LogP contribution >= 0.6 is 22.9 Å². The van der Waals surface area contributed by atoms with E-state index in [2.05, 4.69) is 4.90 Å². The molecule has 1 atom stereocenters. The van der Waals surface area contributed by atoms with Crippen LogP contribution in [0.1, 0.15) is 16.8 Å². The lowest BCUT2D eigenvalue weighted by molar-refractivity contribution is 0.0921. The van der Waals surface area contributed by atoms with E-state index in [1.54, 1.807) is 23.8 Å². The third kappa shape index (κ3) is 3.99. The number of pyridine rings is 1. The highest BCUT2D eigenvalue weighted by atomic mass is 35.5. The zero-order valence-corrected chi connectivity index (χ0v) is 19.9. The summed E-state index contributed by atoms with van der Waals surface area (Å²) >= 11 is 7.50. The van der Waals surface area contributed by atoms with Gasteiger partial charge in [-0.1, -0.05) is 23.7 Å². The minimum atomic E-state index is -0.101. The van der Waals surface area contributed by atoms with E-state index in [0.29, 0.717) is 26.7 Å². The highest BCUT2D eigenvalue weighted by Crippen LogP contribution is 2.33. The Morgan fingerprint density at radius 3 is 2.64 bits per heavy atom. The Labute approximate surface area is 200 Å². The van der Waals surface area contributed by atoms with Gasteiger partial charge in [-0.25, -0.2) is 0 Å². The Balaban J connectivity index is 1.62. The number of methoxy groups -OCH3 is 1. The molecular formula is C26H23ClN2O3S. The number of ether oxygens (including phenoxy) is 1. The van der Waals surface area contributed by atoms with Gasteiger partial charge in [-0.15, -0.1) is 11.3 Å². The molecular weight excluding hydrogens is 456 g/mol. The number of benzene rings is 2. The fraction of sp³-hybridized carbons (Fsp3) is 0.231. The molecule has 0 spiro atoms. The van der Waals surface area contributed by atoms with Crippen molar-refractivity contribution in [1.82, 2.24) is 9.47 Å². The zero-order chi connectivity index (χ0) is 23.1. The Bertz CT molecular complexity index is 1410. The summed E-state index contributed by atoms with van der Waals surface area (Å²) in [5.41, 5.74) is 3.03. The second-order valence-electron chi connectivity index (χ2n) is 8.38. The predicted octanol–water partition coefficient (Wildman–Crippen LogP) is 5.52. The molecule has 1 aliphatic heterocycles. The van der Waals surface area contributed by atoms with E-state index < -0.39 is 0 Å². The van der Waals surface area contributed by atoms with Gasteiger partial charge >= 0.3 is 0 Å². The number of fused-ring (bicyclic) bond motifs is 1. The standard InChI is InChI=1S/C26H23ClN2O3S/c1-28-11-9-17(14-28)24(30)21-8-7-19(13-23(21)32-2)29-15-22(16-3-5-18(27)6-4-16)20-10-12-33-25(20)26(29)31/h3-8,10,12-13,15,17H,9,11,14H2,1-2H3. The van der Waals surface area contributed by atoms with Gasteiger partial charge in [0.25, 0.3) is 5.56 Å². The van der Waals surface area contributed by atoms with Gasteiger partial charge in [-0.2, -0.15) is 0 Å². The Kier molecular flexibility index (Phi) is 5.83. The highest BCUT2D eigenvalue weighted by Gasteiger charge is 2.29. The maximum Gasteiger partial charge on any atom is 0.273 e. The van der Waals surface area contributed by atoms with Crippen LogP contribution in [0.3, 0.4) is 0 Å². The highest BCUT2D eigenvalue weighted by molar-refractivity contribution is 7.17. The van der Waals surface area contributed by atoms with Crippen molar-refractivity contribution >= 4 is 38.8 Å². The fourth-order valence-electron chi connectivity index (χ4n) is 4.51. The largest absolute Gasteiger partial charge is 0.496 e. The van der Waals surface area contributed by atoms with Crippen LogP contribution in [0.5, 0.6) is 5.75 Å².